The molecule has 0 radical (unpaired) electrons. The molecule has 2 rings (SSSR count). The topological polar surface area (TPSA) is 49.6 Å². The van der Waals surface area contributed by atoms with Crippen LogP contribution in [0.4, 0.5) is 5.69 Å². The van der Waals surface area contributed by atoms with E-state index in [2.05, 4.69) is 30.7 Å². The predicted molar refractivity (Wildman–Crippen MR) is 80.1 cm³/mol. The van der Waals surface area contributed by atoms with E-state index in [1.165, 1.54) is 6.07 Å². The SMILES string of the molecule is CN1CCN(Cc2cc([N+](=O)[O-])ccc2Cl)CC1(C)C. The lowest BCUT2D eigenvalue weighted by Gasteiger charge is -2.45. The third-order valence-corrected chi connectivity index (χ3v) is 4.40. The van der Waals surface area contributed by atoms with E-state index in [4.69, 9.17) is 11.6 Å². The predicted octanol–water partition coefficient (Wildman–Crippen LogP) is 2.77. The molecule has 1 heterocycles. The summed E-state index contributed by atoms with van der Waals surface area (Å²) >= 11 is 6.16. The standard InChI is InChI=1S/C14H20ClN3O2/c1-14(2)10-17(7-6-16(14)3)9-11-8-12(18(19)20)4-5-13(11)15/h4-5,8H,6-7,9-10H2,1-3H3. The van der Waals surface area contributed by atoms with Gasteiger partial charge in [-0.2, -0.15) is 0 Å². The molecular formula is C14H20ClN3O2. The molecule has 0 saturated carbocycles. The van der Waals surface area contributed by atoms with Gasteiger partial charge in [0.1, 0.15) is 0 Å². The van der Waals surface area contributed by atoms with Crippen molar-refractivity contribution in [2.75, 3.05) is 26.7 Å². The van der Waals surface area contributed by atoms with Crippen molar-refractivity contribution in [3.8, 4) is 0 Å². The number of hydrogen-bond acceptors (Lipinski definition) is 4. The maximum Gasteiger partial charge on any atom is 0.269 e. The van der Waals surface area contributed by atoms with Crippen LogP contribution in [0.25, 0.3) is 0 Å². The minimum atomic E-state index is -0.381. The van der Waals surface area contributed by atoms with Gasteiger partial charge in [0.25, 0.3) is 5.69 Å². The zero-order chi connectivity index (χ0) is 14.9. The number of halogens is 1. The first-order valence-corrected chi connectivity index (χ1v) is 7.04. The van der Waals surface area contributed by atoms with Crippen LogP contribution in [0.2, 0.25) is 5.02 Å². The fourth-order valence-electron chi connectivity index (χ4n) is 2.51. The quantitative estimate of drug-likeness (QED) is 0.636. The molecular weight excluding hydrogens is 278 g/mol. The average molecular weight is 298 g/mol. The second-order valence-corrected chi connectivity index (χ2v) is 6.38. The van der Waals surface area contributed by atoms with E-state index in [0.717, 1.165) is 25.2 Å². The minimum absolute atomic E-state index is 0.0952. The second kappa shape index (κ2) is 5.68. The van der Waals surface area contributed by atoms with E-state index in [1.807, 2.05) is 0 Å². The van der Waals surface area contributed by atoms with Gasteiger partial charge < -0.3 is 0 Å². The van der Waals surface area contributed by atoms with E-state index in [9.17, 15) is 10.1 Å². The Morgan fingerprint density at radius 1 is 1.40 bits per heavy atom. The molecule has 0 N–H and O–H groups in total. The van der Waals surface area contributed by atoms with Gasteiger partial charge in [-0.3, -0.25) is 19.9 Å². The lowest BCUT2D eigenvalue weighted by molar-refractivity contribution is -0.384. The third-order valence-electron chi connectivity index (χ3n) is 4.03. The van der Waals surface area contributed by atoms with Crippen LogP contribution in [0.15, 0.2) is 18.2 Å². The van der Waals surface area contributed by atoms with Gasteiger partial charge in [-0.1, -0.05) is 11.6 Å². The summed E-state index contributed by atoms with van der Waals surface area (Å²) in [5, 5.41) is 11.4. The molecule has 0 unspecified atom stereocenters. The van der Waals surface area contributed by atoms with Crippen LogP contribution in [0, 0.1) is 10.1 Å². The van der Waals surface area contributed by atoms with Crippen LogP contribution in [-0.2, 0) is 6.54 Å². The number of hydrogen-bond donors (Lipinski definition) is 0. The van der Waals surface area contributed by atoms with Crippen LogP contribution in [-0.4, -0.2) is 46.9 Å². The Kier molecular flexibility index (Phi) is 4.32. The van der Waals surface area contributed by atoms with Crippen molar-refractivity contribution in [3.05, 3.63) is 38.9 Å². The highest BCUT2D eigenvalue weighted by atomic mass is 35.5. The lowest BCUT2D eigenvalue weighted by atomic mass is 9.99. The van der Waals surface area contributed by atoms with Crippen molar-refractivity contribution in [3.63, 3.8) is 0 Å². The Bertz CT molecular complexity index is 519. The van der Waals surface area contributed by atoms with Crippen molar-refractivity contribution in [2.24, 2.45) is 0 Å². The molecule has 0 bridgehead atoms. The van der Waals surface area contributed by atoms with Crippen molar-refractivity contribution in [2.45, 2.75) is 25.9 Å². The van der Waals surface area contributed by atoms with Gasteiger partial charge in [0.2, 0.25) is 0 Å². The number of nitro groups is 1. The number of likely N-dealkylation sites (N-methyl/N-ethyl adjacent to an activating group) is 1. The molecule has 1 aromatic carbocycles. The van der Waals surface area contributed by atoms with Crippen LogP contribution in [0.1, 0.15) is 19.4 Å². The Morgan fingerprint density at radius 2 is 2.10 bits per heavy atom. The number of non-ortho nitro benzene ring substituents is 1. The van der Waals surface area contributed by atoms with Gasteiger partial charge in [-0.25, -0.2) is 0 Å². The highest BCUT2D eigenvalue weighted by Gasteiger charge is 2.31. The molecule has 20 heavy (non-hydrogen) atoms. The molecule has 1 saturated heterocycles. The smallest absolute Gasteiger partial charge is 0.269 e. The molecule has 0 atom stereocenters. The van der Waals surface area contributed by atoms with Crippen molar-refractivity contribution >= 4 is 17.3 Å². The summed E-state index contributed by atoms with van der Waals surface area (Å²) in [7, 11) is 2.12. The van der Waals surface area contributed by atoms with Gasteiger partial charge in [-0.15, -0.1) is 0 Å². The lowest BCUT2D eigenvalue weighted by Crippen LogP contribution is -2.57. The Hall–Kier alpha value is -1.17. The molecule has 1 aliphatic heterocycles. The first-order chi connectivity index (χ1) is 9.29. The molecule has 1 aliphatic rings. The van der Waals surface area contributed by atoms with E-state index >= 15 is 0 Å². The summed E-state index contributed by atoms with van der Waals surface area (Å²) in [6.07, 6.45) is 0. The van der Waals surface area contributed by atoms with Gasteiger partial charge in [0.05, 0.1) is 4.92 Å². The highest BCUT2D eigenvalue weighted by molar-refractivity contribution is 6.31. The number of rotatable bonds is 3. The van der Waals surface area contributed by atoms with Crippen LogP contribution < -0.4 is 0 Å². The Labute approximate surface area is 124 Å². The summed E-state index contributed by atoms with van der Waals surface area (Å²) in [4.78, 5) is 15.1. The second-order valence-electron chi connectivity index (χ2n) is 5.98. The molecule has 0 amide bonds. The largest absolute Gasteiger partial charge is 0.299 e. The summed E-state index contributed by atoms with van der Waals surface area (Å²) in [5.41, 5.74) is 1.02. The van der Waals surface area contributed by atoms with Gasteiger partial charge in [-0.05, 0) is 32.5 Å². The molecule has 110 valence electrons. The molecule has 0 aliphatic carbocycles. The van der Waals surface area contributed by atoms with E-state index in [0.29, 0.717) is 11.6 Å². The van der Waals surface area contributed by atoms with Crippen molar-refractivity contribution < 1.29 is 4.92 Å². The summed E-state index contributed by atoms with van der Waals surface area (Å²) in [5.74, 6) is 0. The van der Waals surface area contributed by atoms with Crippen LogP contribution in [0.5, 0.6) is 0 Å². The molecule has 6 heteroatoms. The van der Waals surface area contributed by atoms with Crippen molar-refractivity contribution in [1.82, 2.24) is 9.80 Å². The monoisotopic (exact) mass is 297 g/mol. The van der Waals surface area contributed by atoms with Gasteiger partial charge in [0, 0.05) is 48.9 Å². The van der Waals surface area contributed by atoms with Crippen molar-refractivity contribution in [1.29, 1.82) is 0 Å². The first kappa shape index (κ1) is 15.2. The van der Waals surface area contributed by atoms with Crippen LogP contribution >= 0.6 is 11.6 Å². The molecule has 1 aromatic rings. The van der Waals surface area contributed by atoms with Gasteiger partial charge in [0.15, 0.2) is 0 Å². The highest BCUT2D eigenvalue weighted by Crippen LogP contribution is 2.26. The third kappa shape index (κ3) is 3.29. The number of nitrogens with zero attached hydrogens (tertiary/aromatic N) is 3. The summed E-state index contributed by atoms with van der Waals surface area (Å²) in [6.45, 7) is 7.90. The fraction of sp³-hybridized carbons (Fsp3) is 0.571. The summed E-state index contributed by atoms with van der Waals surface area (Å²) in [6, 6.07) is 4.63. The van der Waals surface area contributed by atoms with Crippen LogP contribution in [0.3, 0.4) is 0 Å². The molecule has 0 aromatic heterocycles. The number of benzene rings is 1. The number of piperazine rings is 1. The first-order valence-electron chi connectivity index (χ1n) is 6.66. The van der Waals surface area contributed by atoms with E-state index < -0.39 is 0 Å². The zero-order valence-corrected chi connectivity index (χ0v) is 12.9. The Balaban J connectivity index is 2.14. The number of nitro benzene ring substituents is 1. The minimum Gasteiger partial charge on any atom is -0.299 e. The molecule has 1 fully saturated rings. The molecule has 5 nitrogen and oxygen atoms in total. The Morgan fingerprint density at radius 3 is 2.70 bits per heavy atom. The summed E-state index contributed by atoms with van der Waals surface area (Å²) < 4.78 is 0. The maximum atomic E-state index is 10.8. The maximum absolute atomic E-state index is 10.8. The fourth-order valence-corrected chi connectivity index (χ4v) is 2.69. The van der Waals surface area contributed by atoms with Gasteiger partial charge >= 0.3 is 0 Å². The zero-order valence-electron chi connectivity index (χ0n) is 12.1. The normalized spacial score (nSPS) is 20.0. The molecule has 0 spiro atoms. The van der Waals surface area contributed by atoms with E-state index in [-0.39, 0.29) is 16.1 Å². The average Bonchev–Trinajstić information content (AvgIpc) is 2.36. The van der Waals surface area contributed by atoms with E-state index in [1.54, 1.807) is 12.1 Å².